The minimum Gasteiger partial charge on any atom is -0.399 e. The van der Waals surface area contributed by atoms with Crippen LogP contribution in [-0.2, 0) is 22.3 Å². The molecule has 4 nitrogen and oxygen atoms in total. The second-order valence-corrected chi connectivity index (χ2v) is 4.92. The van der Waals surface area contributed by atoms with Crippen LogP contribution in [0, 0.1) is 0 Å². The highest BCUT2D eigenvalue weighted by Crippen LogP contribution is 2.19. The van der Waals surface area contributed by atoms with Gasteiger partial charge in [-0.3, -0.25) is 0 Å². The summed E-state index contributed by atoms with van der Waals surface area (Å²) >= 11 is 0. The van der Waals surface area contributed by atoms with E-state index in [1.807, 2.05) is 0 Å². The smallest absolute Gasteiger partial charge is 0.216 e. The van der Waals surface area contributed by atoms with Crippen molar-refractivity contribution in [1.82, 2.24) is 4.72 Å². The first-order valence-corrected chi connectivity index (χ1v) is 5.57. The number of hydrogen-bond donors (Lipinski definition) is 2. The molecule has 2 rings (SSSR count). The summed E-state index contributed by atoms with van der Waals surface area (Å²) in [5.74, 6) is 0.0581. The van der Waals surface area contributed by atoms with E-state index < -0.39 is 10.0 Å². The molecule has 1 aromatic rings. The molecule has 1 aromatic carbocycles. The second kappa shape index (κ2) is 2.71. The van der Waals surface area contributed by atoms with Crippen LogP contribution in [0.3, 0.4) is 0 Å². The Morgan fingerprint density at radius 2 is 2.08 bits per heavy atom. The second-order valence-electron chi connectivity index (χ2n) is 3.11. The van der Waals surface area contributed by atoms with Crippen LogP contribution in [0.1, 0.15) is 11.1 Å². The van der Waals surface area contributed by atoms with Gasteiger partial charge in [-0.15, -0.1) is 0 Å². The standard InChI is InChI=1S/C8H10N2O2S/c9-8-2-1-6-5-13(11,12)10-4-7(6)3-8/h1-3,10H,4-5,9H2. The molecule has 0 saturated carbocycles. The maximum Gasteiger partial charge on any atom is 0.216 e. The first-order chi connectivity index (χ1) is 6.07. The van der Waals surface area contributed by atoms with Crippen LogP contribution in [0.15, 0.2) is 18.2 Å². The molecule has 0 saturated heterocycles. The molecule has 0 aliphatic carbocycles. The number of nitrogens with two attached hydrogens (primary N) is 1. The van der Waals surface area contributed by atoms with Gasteiger partial charge in [0.05, 0.1) is 5.75 Å². The Morgan fingerprint density at radius 1 is 1.31 bits per heavy atom. The molecule has 0 radical (unpaired) electrons. The van der Waals surface area contributed by atoms with Gasteiger partial charge in [0.2, 0.25) is 10.0 Å². The Labute approximate surface area is 76.8 Å². The zero-order valence-corrected chi connectivity index (χ0v) is 7.76. The topological polar surface area (TPSA) is 72.2 Å². The van der Waals surface area contributed by atoms with Crippen molar-refractivity contribution in [2.24, 2.45) is 0 Å². The van der Waals surface area contributed by atoms with Crippen LogP contribution < -0.4 is 10.5 Å². The summed E-state index contributed by atoms with van der Waals surface area (Å²) in [6, 6.07) is 5.29. The Bertz CT molecular complexity index is 439. The lowest BCUT2D eigenvalue weighted by Crippen LogP contribution is -2.30. The fourth-order valence-electron chi connectivity index (χ4n) is 1.39. The average Bonchev–Trinajstić information content (AvgIpc) is 2.05. The highest BCUT2D eigenvalue weighted by atomic mass is 32.2. The molecule has 1 aliphatic rings. The fourth-order valence-corrected chi connectivity index (χ4v) is 2.56. The molecule has 13 heavy (non-hydrogen) atoms. The van der Waals surface area contributed by atoms with Gasteiger partial charge >= 0.3 is 0 Å². The van der Waals surface area contributed by atoms with Gasteiger partial charge in [0.25, 0.3) is 0 Å². The average molecular weight is 198 g/mol. The molecule has 70 valence electrons. The zero-order chi connectivity index (χ0) is 9.47. The van der Waals surface area contributed by atoms with E-state index in [1.54, 1.807) is 18.2 Å². The Balaban J connectivity index is 2.48. The Hall–Kier alpha value is -1.07. The number of sulfonamides is 1. The molecule has 0 unspecified atom stereocenters. The molecule has 0 fully saturated rings. The number of nitrogen functional groups attached to an aromatic ring is 1. The van der Waals surface area contributed by atoms with Crippen LogP contribution >= 0.6 is 0 Å². The first kappa shape index (κ1) is 8.52. The SMILES string of the molecule is Nc1ccc2c(c1)CNS(=O)(=O)C2. The molecule has 0 amide bonds. The lowest BCUT2D eigenvalue weighted by atomic mass is 10.1. The molecular weight excluding hydrogens is 188 g/mol. The first-order valence-electron chi connectivity index (χ1n) is 3.91. The summed E-state index contributed by atoms with van der Waals surface area (Å²) in [4.78, 5) is 0. The number of benzene rings is 1. The van der Waals surface area contributed by atoms with Crippen LogP contribution in [0.25, 0.3) is 0 Å². The molecule has 5 heteroatoms. The van der Waals surface area contributed by atoms with E-state index in [-0.39, 0.29) is 5.75 Å². The highest BCUT2D eigenvalue weighted by molar-refractivity contribution is 7.88. The maximum atomic E-state index is 11.2. The van der Waals surface area contributed by atoms with Crippen molar-refractivity contribution >= 4 is 15.7 Å². The molecule has 0 atom stereocenters. The van der Waals surface area contributed by atoms with E-state index in [9.17, 15) is 8.42 Å². The molecule has 0 spiro atoms. The normalized spacial score (nSPS) is 19.4. The Morgan fingerprint density at radius 3 is 2.85 bits per heavy atom. The van der Waals surface area contributed by atoms with Gasteiger partial charge in [0.1, 0.15) is 0 Å². The van der Waals surface area contributed by atoms with E-state index in [0.29, 0.717) is 12.2 Å². The van der Waals surface area contributed by atoms with E-state index in [4.69, 9.17) is 5.73 Å². The third-order valence-electron chi connectivity index (χ3n) is 2.06. The minimum absolute atomic E-state index is 0.0581. The largest absolute Gasteiger partial charge is 0.399 e. The fraction of sp³-hybridized carbons (Fsp3) is 0.250. The summed E-state index contributed by atoms with van der Waals surface area (Å²) in [5, 5.41) is 0. The van der Waals surface area contributed by atoms with Gasteiger partial charge in [-0.2, -0.15) is 0 Å². The Kier molecular flexibility index (Phi) is 1.78. The molecular formula is C8H10N2O2S. The van der Waals surface area contributed by atoms with Crippen LogP contribution in [0.5, 0.6) is 0 Å². The number of rotatable bonds is 0. The van der Waals surface area contributed by atoms with E-state index in [1.165, 1.54) is 0 Å². The summed E-state index contributed by atoms with van der Waals surface area (Å²) in [7, 11) is -3.10. The summed E-state index contributed by atoms with van der Waals surface area (Å²) in [5.41, 5.74) is 8.05. The van der Waals surface area contributed by atoms with Crippen molar-refractivity contribution in [3.8, 4) is 0 Å². The van der Waals surface area contributed by atoms with E-state index >= 15 is 0 Å². The molecule has 1 heterocycles. The van der Waals surface area contributed by atoms with Crippen molar-refractivity contribution in [2.45, 2.75) is 12.3 Å². The van der Waals surface area contributed by atoms with Crippen molar-refractivity contribution in [2.75, 3.05) is 5.73 Å². The maximum absolute atomic E-state index is 11.2. The summed E-state index contributed by atoms with van der Waals surface area (Å²) < 4.78 is 24.8. The van der Waals surface area contributed by atoms with Gasteiger partial charge in [0.15, 0.2) is 0 Å². The van der Waals surface area contributed by atoms with Crippen LogP contribution in [0.2, 0.25) is 0 Å². The van der Waals surface area contributed by atoms with Crippen molar-refractivity contribution < 1.29 is 8.42 Å². The van der Waals surface area contributed by atoms with Crippen molar-refractivity contribution in [3.05, 3.63) is 29.3 Å². The lowest BCUT2D eigenvalue weighted by Gasteiger charge is -2.17. The third kappa shape index (κ3) is 1.66. The number of hydrogen-bond acceptors (Lipinski definition) is 3. The molecule has 0 aromatic heterocycles. The van der Waals surface area contributed by atoms with Crippen LogP contribution in [0.4, 0.5) is 5.69 Å². The van der Waals surface area contributed by atoms with Crippen molar-refractivity contribution in [1.29, 1.82) is 0 Å². The minimum atomic E-state index is -3.10. The highest BCUT2D eigenvalue weighted by Gasteiger charge is 2.19. The lowest BCUT2D eigenvalue weighted by molar-refractivity contribution is 0.575. The van der Waals surface area contributed by atoms with E-state index in [2.05, 4.69) is 4.72 Å². The monoisotopic (exact) mass is 198 g/mol. The van der Waals surface area contributed by atoms with Gasteiger partial charge in [0, 0.05) is 12.2 Å². The summed E-state index contributed by atoms with van der Waals surface area (Å²) in [6.07, 6.45) is 0. The van der Waals surface area contributed by atoms with Gasteiger partial charge in [-0.25, -0.2) is 13.1 Å². The molecule has 0 bridgehead atoms. The number of anilines is 1. The van der Waals surface area contributed by atoms with Gasteiger partial charge in [-0.1, -0.05) is 6.07 Å². The van der Waals surface area contributed by atoms with Crippen molar-refractivity contribution in [3.63, 3.8) is 0 Å². The molecule has 3 N–H and O–H groups in total. The number of nitrogens with one attached hydrogen (secondary N) is 1. The zero-order valence-electron chi connectivity index (χ0n) is 6.95. The third-order valence-corrected chi connectivity index (χ3v) is 3.33. The van der Waals surface area contributed by atoms with E-state index in [0.717, 1.165) is 11.1 Å². The summed E-state index contributed by atoms with van der Waals surface area (Å²) in [6.45, 7) is 0.350. The molecule has 1 aliphatic heterocycles. The van der Waals surface area contributed by atoms with Gasteiger partial charge < -0.3 is 5.73 Å². The van der Waals surface area contributed by atoms with Gasteiger partial charge in [-0.05, 0) is 23.3 Å². The predicted octanol–water partition coefficient (Wildman–Crippen LogP) is 0.202. The number of fused-ring (bicyclic) bond motifs is 1. The quantitative estimate of drug-likeness (QED) is 0.585. The van der Waals surface area contributed by atoms with Crippen LogP contribution in [-0.4, -0.2) is 8.42 Å². The predicted molar refractivity (Wildman–Crippen MR) is 50.3 cm³/mol.